The van der Waals surface area contributed by atoms with Crippen LogP contribution in [0.15, 0.2) is 36.8 Å². The van der Waals surface area contributed by atoms with Crippen LogP contribution >= 0.6 is 0 Å². The highest BCUT2D eigenvalue weighted by Crippen LogP contribution is 2.20. The highest BCUT2D eigenvalue weighted by Gasteiger charge is 2.14. The second-order valence-corrected chi connectivity index (χ2v) is 6.41. The Morgan fingerprint density at radius 2 is 1.89 bits per heavy atom. The Labute approximate surface area is 164 Å². The number of hydrogen-bond acceptors (Lipinski definition) is 5. The van der Waals surface area contributed by atoms with Crippen molar-refractivity contribution in [1.29, 1.82) is 0 Å². The lowest BCUT2D eigenvalue weighted by atomic mass is 10.1. The molecule has 2 aromatic heterocycles. The molecule has 2 heterocycles. The number of pyridine rings is 2. The maximum atomic E-state index is 12.2. The first-order valence-corrected chi connectivity index (χ1v) is 9.08. The number of nitrogens with two attached hydrogens (primary N) is 1. The van der Waals surface area contributed by atoms with E-state index in [0.717, 1.165) is 12.0 Å². The molecule has 0 bridgehead atoms. The van der Waals surface area contributed by atoms with E-state index >= 15 is 0 Å². The topological polar surface area (TPSA) is 90.1 Å². The van der Waals surface area contributed by atoms with Crippen molar-refractivity contribution in [3.8, 4) is 5.88 Å². The van der Waals surface area contributed by atoms with E-state index in [9.17, 15) is 13.6 Å². The molecule has 0 spiro atoms. The summed E-state index contributed by atoms with van der Waals surface area (Å²) in [6.45, 7) is 6.91. The molecule has 28 heavy (non-hydrogen) atoms. The molecular formula is C20H28F2N4O2. The van der Waals surface area contributed by atoms with Crippen molar-refractivity contribution in [3.63, 3.8) is 0 Å². The van der Waals surface area contributed by atoms with Crippen molar-refractivity contribution in [1.82, 2.24) is 15.3 Å². The van der Waals surface area contributed by atoms with E-state index in [1.54, 1.807) is 37.5 Å². The quantitative estimate of drug-likeness (QED) is 0.748. The van der Waals surface area contributed by atoms with Crippen molar-refractivity contribution < 1.29 is 18.3 Å². The fourth-order valence-electron chi connectivity index (χ4n) is 1.98. The summed E-state index contributed by atoms with van der Waals surface area (Å²) in [5, 5.41) is 2.84. The fraction of sp³-hybridized carbons (Fsp3) is 0.450. The van der Waals surface area contributed by atoms with E-state index in [2.05, 4.69) is 22.2 Å². The predicted octanol–water partition coefficient (Wildman–Crippen LogP) is 3.66. The van der Waals surface area contributed by atoms with Gasteiger partial charge in [-0.3, -0.25) is 9.78 Å². The van der Waals surface area contributed by atoms with Crippen molar-refractivity contribution in [2.75, 3.05) is 6.61 Å². The third-order valence-electron chi connectivity index (χ3n) is 3.83. The predicted molar refractivity (Wildman–Crippen MR) is 105 cm³/mol. The maximum absolute atomic E-state index is 12.2. The van der Waals surface area contributed by atoms with Gasteiger partial charge in [-0.15, -0.1) is 0 Å². The number of nitrogens with zero attached hydrogens (tertiary/aromatic N) is 2. The van der Waals surface area contributed by atoms with E-state index < -0.39 is 13.0 Å². The molecule has 6 nitrogen and oxygen atoms in total. The van der Waals surface area contributed by atoms with Gasteiger partial charge in [0.15, 0.2) is 6.61 Å². The van der Waals surface area contributed by atoms with Gasteiger partial charge in [0.05, 0.1) is 6.04 Å². The Bertz CT molecular complexity index is 727. The number of aromatic nitrogens is 2. The average molecular weight is 394 g/mol. The third kappa shape index (κ3) is 8.39. The van der Waals surface area contributed by atoms with Crippen molar-refractivity contribution in [2.24, 2.45) is 5.73 Å². The first kappa shape index (κ1) is 23.4. The maximum Gasteiger partial charge on any atom is 0.272 e. The average Bonchev–Trinajstić information content (AvgIpc) is 2.67. The van der Waals surface area contributed by atoms with E-state index in [0.29, 0.717) is 17.2 Å². The monoisotopic (exact) mass is 394 g/mol. The van der Waals surface area contributed by atoms with Gasteiger partial charge >= 0.3 is 0 Å². The normalized spacial score (nSPS) is 12.6. The zero-order chi connectivity index (χ0) is 21.1. The Morgan fingerprint density at radius 3 is 2.39 bits per heavy atom. The van der Waals surface area contributed by atoms with Crippen LogP contribution in [-0.4, -0.2) is 34.9 Å². The summed E-state index contributed by atoms with van der Waals surface area (Å²) < 4.78 is 29.2. The zero-order valence-electron chi connectivity index (χ0n) is 16.7. The first-order chi connectivity index (χ1) is 13.2. The number of carbonyl (C=O) groups excluding carboxylic acids is 1. The molecular weight excluding hydrogens is 366 g/mol. The fourth-order valence-corrected chi connectivity index (χ4v) is 1.98. The number of nitrogens with one attached hydrogen (secondary N) is 1. The van der Waals surface area contributed by atoms with Crippen LogP contribution in [0.2, 0.25) is 0 Å². The Kier molecular flexibility index (Phi) is 10.0. The third-order valence-corrected chi connectivity index (χ3v) is 3.83. The zero-order valence-corrected chi connectivity index (χ0v) is 16.7. The molecule has 3 N–H and O–H groups in total. The Morgan fingerprint density at radius 1 is 1.29 bits per heavy atom. The highest BCUT2D eigenvalue weighted by molar-refractivity contribution is 5.94. The molecule has 154 valence electrons. The second-order valence-electron chi connectivity index (χ2n) is 6.41. The van der Waals surface area contributed by atoms with Crippen LogP contribution in [0.5, 0.6) is 5.88 Å². The molecule has 8 heteroatoms. The van der Waals surface area contributed by atoms with Crippen LogP contribution in [0.4, 0.5) is 8.78 Å². The summed E-state index contributed by atoms with van der Waals surface area (Å²) in [5.74, 6) is -0.0581. The van der Waals surface area contributed by atoms with Crippen LogP contribution < -0.4 is 15.8 Å². The minimum absolute atomic E-state index is 0.168. The SMILES string of the molecule is CCC(C)N.Cc1cc(C(C)NC(=O)c2ccncc2)cnc1OCC(F)F. The van der Waals surface area contributed by atoms with Gasteiger partial charge in [0.1, 0.15) is 0 Å². The lowest BCUT2D eigenvalue weighted by Crippen LogP contribution is -2.26. The van der Waals surface area contributed by atoms with Crippen LogP contribution in [0.3, 0.4) is 0 Å². The molecule has 0 aromatic carbocycles. The van der Waals surface area contributed by atoms with E-state index in [1.165, 1.54) is 6.20 Å². The summed E-state index contributed by atoms with van der Waals surface area (Å²) in [4.78, 5) is 20.0. The Balaban J connectivity index is 0.000000696. The van der Waals surface area contributed by atoms with E-state index in [-0.39, 0.29) is 17.8 Å². The molecule has 1 amide bonds. The molecule has 0 saturated carbocycles. The van der Waals surface area contributed by atoms with Gasteiger partial charge in [0.2, 0.25) is 5.88 Å². The number of ether oxygens (including phenoxy) is 1. The minimum atomic E-state index is -2.55. The van der Waals surface area contributed by atoms with Crippen LogP contribution in [-0.2, 0) is 0 Å². The number of aryl methyl sites for hydroxylation is 1. The molecule has 0 aliphatic rings. The molecule has 0 radical (unpaired) electrons. The number of rotatable bonds is 7. The van der Waals surface area contributed by atoms with Gasteiger partial charge in [0, 0.05) is 35.8 Å². The van der Waals surface area contributed by atoms with Gasteiger partial charge in [-0.1, -0.05) is 6.92 Å². The summed E-state index contributed by atoms with van der Waals surface area (Å²) in [5.41, 5.74) is 7.19. The lowest BCUT2D eigenvalue weighted by Gasteiger charge is -2.16. The number of carbonyl (C=O) groups is 1. The molecule has 2 aromatic rings. The highest BCUT2D eigenvalue weighted by atomic mass is 19.3. The lowest BCUT2D eigenvalue weighted by molar-refractivity contribution is 0.0791. The van der Waals surface area contributed by atoms with Gasteiger partial charge in [-0.25, -0.2) is 13.8 Å². The molecule has 0 aliphatic carbocycles. The summed E-state index contributed by atoms with van der Waals surface area (Å²) in [6, 6.07) is 5.09. The molecule has 0 fully saturated rings. The molecule has 2 atom stereocenters. The minimum Gasteiger partial charge on any atom is -0.471 e. The summed E-state index contributed by atoms with van der Waals surface area (Å²) >= 11 is 0. The number of alkyl halides is 2. The number of hydrogen-bond donors (Lipinski definition) is 2. The largest absolute Gasteiger partial charge is 0.471 e. The smallest absolute Gasteiger partial charge is 0.272 e. The second kappa shape index (κ2) is 12.0. The molecule has 0 saturated heterocycles. The first-order valence-electron chi connectivity index (χ1n) is 9.08. The van der Waals surface area contributed by atoms with Crippen LogP contribution in [0.1, 0.15) is 54.7 Å². The number of amides is 1. The molecule has 2 rings (SSSR count). The molecule has 2 unspecified atom stereocenters. The van der Waals surface area contributed by atoms with Gasteiger partial charge in [0.25, 0.3) is 12.3 Å². The van der Waals surface area contributed by atoms with Crippen LogP contribution in [0.25, 0.3) is 0 Å². The van der Waals surface area contributed by atoms with Crippen molar-refractivity contribution in [3.05, 3.63) is 53.5 Å². The van der Waals surface area contributed by atoms with Crippen molar-refractivity contribution in [2.45, 2.75) is 52.6 Å². The number of halogens is 2. The molecule has 0 aliphatic heterocycles. The van der Waals surface area contributed by atoms with Gasteiger partial charge in [-0.05, 0) is 51.0 Å². The van der Waals surface area contributed by atoms with E-state index in [4.69, 9.17) is 10.5 Å². The summed E-state index contributed by atoms with van der Waals surface area (Å²) in [6.07, 6.45) is 3.13. The van der Waals surface area contributed by atoms with Crippen molar-refractivity contribution >= 4 is 5.91 Å². The summed E-state index contributed by atoms with van der Waals surface area (Å²) in [7, 11) is 0. The van der Waals surface area contributed by atoms with E-state index in [1.807, 2.05) is 13.8 Å². The van der Waals surface area contributed by atoms with Gasteiger partial charge < -0.3 is 15.8 Å². The standard InChI is InChI=1S/C16H17F2N3O2.C4H11N/c1-10-7-13(8-20-16(10)23-9-14(17)18)11(2)21-15(22)12-3-5-19-6-4-12;1-3-4(2)5/h3-8,11,14H,9H2,1-2H3,(H,21,22);4H,3,5H2,1-2H3. The Hall–Kier alpha value is -2.61. The van der Waals surface area contributed by atoms with Crippen LogP contribution in [0, 0.1) is 6.92 Å². The van der Waals surface area contributed by atoms with Gasteiger partial charge in [-0.2, -0.15) is 0 Å².